The Hall–Kier alpha value is -8.38. The van der Waals surface area contributed by atoms with Gasteiger partial charge >= 0.3 is 26.3 Å². The third kappa shape index (κ3) is 8.83. The molecule has 4 heterocycles. The van der Waals surface area contributed by atoms with E-state index < -0.39 is 11.7 Å². The van der Waals surface area contributed by atoms with Crippen LogP contribution in [0.4, 0.5) is 13.2 Å². The smallest absolute Gasteiger partial charge is 0.544 e. The molecule has 0 saturated carbocycles. The number of aliphatic hydroxyl groups excluding tert-OH is 2. The van der Waals surface area contributed by atoms with Crippen LogP contribution in [0.25, 0.3) is 110 Å². The number of halogens is 3. The van der Waals surface area contributed by atoms with Crippen LogP contribution in [0, 0.1) is 19.2 Å². The standard InChI is InChI=1S/C27H14F3N2O.2C14H9N2O.Ir/c28-27(29,30)20-10-5-9-19(12-20)25-21-13-16-6-1-2-7-17(16)14-22(21)26(32-31-25)24-15-18-8-3-4-11-23(18)33-24;2*1-9(17)14-13-7-11-5-3-2-4-10(11)6-12(13)8-15-16-14;/h1-14H;2*1-8,17H;/q3*-1;+3. The van der Waals surface area contributed by atoms with Gasteiger partial charge < -0.3 is 14.6 Å². The van der Waals surface area contributed by atoms with E-state index in [0.717, 1.165) is 76.8 Å². The molecule has 12 aromatic rings. The Labute approximate surface area is 398 Å². The number of fused-ring (bicyclic) bond motifs is 7. The van der Waals surface area contributed by atoms with E-state index in [1.54, 1.807) is 18.5 Å². The molecule has 0 bridgehead atoms. The molecule has 0 aliphatic rings. The number of benzene rings is 8. The number of nitrogens with zero attached hydrogens (tertiary/aromatic N) is 6. The van der Waals surface area contributed by atoms with Crippen molar-refractivity contribution in [3.8, 4) is 22.7 Å². The second-order valence-electron chi connectivity index (χ2n) is 15.5. The fourth-order valence-corrected chi connectivity index (χ4v) is 8.01. The summed E-state index contributed by atoms with van der Waals surface area (Å²) in [6, 6.07) is 51.4. The number of furan rings is 1. The van der Waals surface area contributed by atoms with Gasteiger partial charge in [0, 0.05) is 16.5 Å². The van der Waals surface area contributed by atoms with Gasteiger partial charge in [-0.15, -0.1) is 17.5 Å². The van der Waals surface area contributed by atoms with E-state index in [0.29, 0.717) is 45.1 Å². The Morgan fingerprint density at radius 2 is 0.926 bits per heavy atom. The zero-order chi connectivity index (χ0) is 46.2. The summed E-state index contributed by atoms with van der Waals surface area (Å²) in [5.41, 5.74) is 1.80. The number of alkyl halides is 3. The molecule has 0 amide bonds. The van der Waals surface area contributed by atoms with Crippen LogP contribution in [0.5, 0.6) is 0 Å². The molecule has 8 aromatic carbocycles. The van der Waals surface area contributed by atoms with Crippen LogP contribution in [0.1, 0.15) is 17.0 Å². The zero-order valence-corrected chi connectivity index (χ0v) is 37.7. The van der Waals surface area contributed by atoms with Crippen molar-refractivity contribution in [3.63, 3.8) is 0 Å². The Balaban J connectivity index is 0.000000139. The van der Waals surface area contributed by atoms with Crippen molar-refractivity contribution in [1.82, 2.24) is 30.6 Å². The minimum absolute atomic E-state index is 0. The first-order valence-electron chi connectivity index (χ1n) is 20.7. The summed E-state index contributed by atoms with van der Waals surface area (Å²) in [6.07, 6.45) is -1.13. The molecule has 0 unspecified atom stereocenters. The maximum atomic E-state index is 13.3. The van der Waals surface area contributed by atoms with Gasteiger partial charge in [0.05, 0.1) is 35.1 Å². The Kier molecular flexibility index (Phi) is 12.2. The van der Waals surface area contributed by atoms with Gasteiger partial charge in [0.25, 0.3) is 0 Å². The number of aliphatic hydroxyl groups is 2. The van der Waals surface area contributed by atoms with Crippen molar-refractivity contribution < 1.29 is 47.9 Å². The summed E-state index contributed by atoms with van der Waals surface area (Å²) in [5.74, 6) is -0.184. The van der Waals surface area contributed by atoms with Crippen molar-refractivity contribution in [1.29, 1.82) is 0 Å². The number of hydrogen-bond donors (Lipinski definition) is 2. The van der Waals surface area contributed by atoms with Gasteiger partial charge in [-0.3, -0.25) is 0 Å². The monoisotopic (exact) mass is 1070 g/mol. The minimum Gasteiger partial charge on any atom is -0.544 e. The summed E-state index contributed by atoms with van der Waals surface area (Å²) < 4.78 is 46.0. The summed E-state index contributed by atoms with van der Waals surface area (Å²) in [6.45, 7) is 10.8. The maximum Gasteiger partial charge on any atom is 3.00 e. The van der Waals surface area contributed by atoms with Crippen LogP contribution in [-0.2, 0) is 26.3 Å². The molecular formula is C55H32F3IrN6O3. The molecule has 9 nitrogen and oxygen atoms in total. The Bertz CT molecular complexity index is 3750. The van der Waals surface area contributed by atoms with E-state index in [2.05, 4.69) is 36.7 Å². The van der Waals surface area contributed by atoms with Gasteiger partial charge in [-0.2, -0.15) is 33.6 Å². The van der Waals surface area contributed by atoms with Crippen molar-refractivity contribution in [3.05, 3.63) is 206 Å². The predicted molar refractivity (Wildman–Crippen MR) is 256 cm³/mol. The average Bonchev–Trinajstić information content (AvgIpc) is 3.78. The summed E-state index contributed by atoms with van der Waals surface area (Å²) in [5, 5.41) is 54.9. The molecule has 0 fully saturated rings. The van der Waals surface area contributed by atoms with Gasteiger partial charge in [-0.1, -0.05) is 132 Å². The van der Waals surface area contributed by atoms with E-state index in [1.807, 2.05) is 133 Å². The molecule has 2 N–H and O–H groups in total. The molecule has 0 spiro atoms. The van der Waals surface area contributed by atoms with Gasteiger partial charge in [-0.05, 0) is 102 Å². The quantitative estimate of drug-likeness (QED) is 0.100. The fraction of sp³-hybridized carbons (Fsp3) is 0.0182. The molecule has 0 aliphatic heterocycles. The fourth-order valence-electron chi connectivity index (χ4n) is 8.01. The Morgan fingerprint density at radius 1 is 0.485 bits per heavy atom. The first kappa shape index (κ1) is 44.8. The summed E-state index contributed by atoms with van der Waals surface area (Å²) in [4.78, 5) is 0. The maximum absolute atomic E-state index is 13.3. The first-order valence-corrected chi connectivity index (χ1v) is 20.7. The largest absolute Gasteiger partial charge is 3.00 e. The summed E-state index contributed by atoms with van der Waals surface area (Å²) in [7, 11) is 0. The van der Waals surface area contributed by atoms with Crippen LogP contribution in [-0.4, -0.2) is 40.8 Å². The van der Waals surface area contributed by atoms with E-state index in [4.69, 9.17) is 17.6 Å². The molecule has 4 aromatic heterocycles. The third-order valence-electron chi connectivity index (χ3n) is 11.2. The van der Waals surface area contributed by atoms with Crippen molar-refractivity contribution in [2.45, 2.75) is 6.18 Å². The van der Waals surface area contributed by atoms with Gasteiger partial charge in [-0.25, -0.2) is 23.4 Å². The van der Waals surface area contributed by atoms with Crippen molar-refractivity contribution in [2.24, 2.45) is 0 Å². The predicted octanol–water partition coefficient (Wildman–Crippen LogP) is 13.9. The normalized spacial score (nSPS) is 11.3. The molecular weight excluding hydrogens is 1040 g/mol. The second-order valence-corrected chi connectivity index (χ2v) is 15.5. The molecule has 330 valence electrons. The molecule has 68 heavy (non-hydrogen) atoms. The number of rotatable bonds is 4. The SMILES string of the molecule is FC(F)(F)c1cccc(-c2nnc(-c3[c-]c4ccccc4o3)c3cc4ccccc4cc23)c1.[CH-]=C(O)c1nncc2cc3ccccc3cc12.[CH-]=C(O)c1nncc2cc3ccccc3cc12.[Ir+3]. The number of hydrogen-bond acceptors (Lipinski definition) is 9. The van der Waals surface area contributed by atoms with Crippen LogP contribution in [0.2, 0.25) is 0 Å². The zero-order valence-electron chi connectivity index (χ0n) is 35.3. The average molecular weight is 1070 g/mol. The van der Waals surface area contributed by atoms with Crippen LogP contribution in [0.3, 0.4) is 0 Å². The Morgan fingerprint density at radius 3 is 1.41 bits per heavy atom. The third-order valence-corrected chi connectivity index (χ3v) is 11.2. The van der Waals surface area contributed by atoms with Gasteiger partial charge in [0.1, 0.15) is 0 Å². The molecule has 12 rings (SSSR count). The second kappa shape index (κ2) is 18.5. The number of aromatic nitrogens is 6. The van der Waals surface area contributed by atoms with Crippen molar-refractivity contribution in [2.75, 3.05) is 0 Å². The van der Waals surface area contributed by atoms with Crippen LogP contribution < -0.4 is 0 Å². The van der Waals surface area contributed by atoms with Gasteiger partial charge in [0.15, 0.2) is 0 Å². The van der Waals surface area contributed by atoms with Crippen LogP contribution >= 0.6 is 0 Å². The number of para-hydroxylation sites is 1. The molecule has 0 atom stereocenters. The minimum atomic E-state index is -4.45. The molecule has 0 radical (unpaired) electrons. The summed E-state index contributed by atoms with van der Waals surface area (Å²) >= 11 is 0. The molecule has 0 aliphatic carbocycles. The molecule has 0 saturated heterocycles. The topological polar surface area (TPSA) is 131 Å². The molecule has 13 heteroatoms. The van der Waals surface area contributed by atoms with E-state index in [-0.39, 0.29) is 31.6 Å². The first-order chi connectivity index (χ1) is 32.5. The van der Waals surface area contributed by atoms with Crippen molar-refractivity contribution >= 4 is 87.1 Å². The van der Waals surface area contributed by atoms with Crippen LogP contribution in [0.15, 0.2) is 175 Å². The van der Waals surface area contributed by atoms with E-state index in [9.17, 15) is 23.4 Å². The van der Waals surface area contributed by atoms with Gasteiger partial charge in [0.2, 0.25) is 0 Å². The van der Waals surface area contributed by atoms with E-state index >= 15 is 0 Å². The van der Waals surface area contributed by atoms with E-state index in [1.165, 1.54) is 6.07 Å².